The molecule has 2 rings (SSSR count). The number of aryl methyl sites for hydroxylation is 1. The van der Waals surface area contributed by atoms with Gasteiger partial charge in [-0.15, -0.1) is 0 Å². The average molecular weight is 343 g/mol. The van der Waals surface area contributed by atoms with E-state index in [1.165, 1.54) is 5.56 Å². The summed E-state index contributed by atoms with van der Waals surface area (Å²) >= 11 is 5.33. The Balaban J connectivity index is 2.02. The van der Waals surface area contributed by atoms with Crippen LogP contribution in [-0.4, -0.2) is 31.3 Å². The number of hydrogen-bond acceptors (Lipinski definition) is 3. The maximum Gasteiger partial charge on any atom is 0.253 e. The smallest absolute Gasteiger partial charge is 0.253 e. The first-order valence-electron chi connectivity index (χ1n) is 7.61. The van der Waals surface area contributed by atoms with E-state index in [0.717, 1.165) is 5.69 Å². The van der Waals surface area contributed by atoms with Crippen molar-refractivity contribution >= 4 is 34.6 Å². The molecule has 0 aliphatic rings. The Bertz CT molecular complexity index is 702. The minimum atomic E-state index is -0.173. The number of nitrogens with one attached hydrogen (secondary N) is 3. The van der Waals surface area contributed by atoms with Gasteiger partial charge >= 0.3 is 0 Å². The number of benzene rings is 2. The molecular weight excluding hydrogens is 322 g/mol. The molecule has 0 saturated carbocycles. The predicted octanol–water partition coefficient (Wildman–Crippen LogP) is 3.18. The number of carbonyl (C=O) groups is 1. The summed E-state index contributed by atoms with van der Waals surface area (Å²) < 4.78 is 4.94. The molecule has 24 heavy (non-hydrogen) atoms. The van der Waals surface area contributed by atoms with Crippen LogP contribution in [0.5, 0.6) is 0 Å². The molecule has 5 nitrogen and oxygen atoms in total. The Morgan fingerprint density at radius 3 is 2.50 bits per heavy atom. The molecule has 0 bridgehead atoms. The first-order chi connectivity index (χ1) is 11.6. The summed E-state index contributed by atoms with van der Waals surface area (Å²) in [6, 6.07) is 15.1. The highest BCUT2D eigenvalue weighted by Crippen LogP contribution is 2.16. The number of amides is 1. The van der Waals surface area contributed by atoms with Crippen molar-refractivity contribution in [1.29, 1.82) is 0 Å². The summed E-state index contributed by atoms with van der Waals surface area (Å²) in [5.41, 5.74) is 3.25. The maximum absolute atomic E-state index is 12.2. The first-order valence-corrected chi connectivity index (χ1v) is 8.02. The predicted molar refractivity (Wildman–Crippen MR) is 102 cm³/mol. The molecule has 2 aromatic rings. The molecule has 0 aromatic heterocycles. The third kappa shape index (κ3) is 5.33. The van der Waals surface area contributed by atoms with Gasteiger partial charge in [0, 0.05) is 19.3 Å². The summed E-state index contributed by atoms with van der Waals surface area (Å²) in [7, 11) is 1.59. The summed E-state index contributed by atoms with van der Waals surface area (Å²) in [6.45, 7) is 2.95. The molecule has 0 unspecified atom stereocenters. The second-order valence-corrected chi connectivity index (χ2v) is 5.65. The molecule has 0 spiro atoms. The van der Waals surface area contributed by atoms with Crippen molar-refractivity contribution in [2.75, 3.05) is 30.9 Å². The number of para-hydroxylation sites is 1. The lowest BCUT2D eigenvalue weighted by Crippen LogP contribution is -2.28. The number of methoxy groups -OCH3 is 1. The number of hydrogen-bond donors (Lipinski definition) is 3. The highest BCUT2D eigenvalue weighted by molar-refractivity contribution is 7.80. The van der Waals surface area contributed by atoms with Crippen molar-refractivity contribution in [1.82, 2.24) is 5.32 Å². The standard InChI is InChI=1S/C18H21N3O2S/c1-13-7-9-14(10-8-13)20-18(24)21-16-6-4-3-5-15(16)17(22)19-11-12-23-2/h3-10H,11-12H2,1-2H3,(H,19,22)(H2,20,21,24). The zero-order valence-corrected chi connectivity index (χ0v) is 14.6. The monoisotopic (exact) mass is 343 g/mol. The maximum atomic E-state index is 12.2. The summed E-state index contributed by atoms with van der Waals surface area (Å²) in [6.07, 6.45) is 0. The molecule has 0 fully saturated rings. The molecular formula is C18H21N3O2S. The Hall–Kier alpha value is -2.44. The van der Waals surface area contributed by atoms with Crippen LogP contribution >= 0.6 is 12.2 Å². The molecule has 0 saturated heterocycles. The van der Waals surface area contributed by atoms with Crippen molar-refractivity contribution in [3.8, 4) is 0 Å². The summed E-state index contributed by atoms with van der Waals surface area (Å²) in [5.74, 6) is -0.173. The fourth-order valence-electron chi connectivity index (χ4n) is 2.07. The van der Waals surface area contributed by atoms with Gasteiger partial charge in [-0.25, -0.2) is 0 Å². The van der Waals surface area contributed by atoms with Crippen molar-refractivity contribution in [2.45, 2.75) is 6.92 Å². The van der Waals surface area contributed by atoms with Crippen molar-refractivity contribution in [3.63, 3.8) is 0 Å². The van der Waals surface area contributed by atoms with Crippen LogP contribution in [0.3, 0.4) is 0 Å². The number of anilines is 2. The van der Waals surface area contributed by atoms with Crippen LogP contribution in [0.2, 0.25) is 0 Å². The van der Waals surface area contributed by atoms with E-state index in [9.17, 15) is 4.79 Å². The molecule has 0 aliphatic carbocycles. The van der Waals surface area contributed by atoms with E-state index in [2.05, 4.69) is 16.0 Å². The third-order valence-corrected chi connectivity index (χ3v) is 3.53. The molecule has 0 atom stereocenters. The largest absolute Gasteiger partial charge is 0.383 e. The summed E-state index contributed by atoms with van der Waals surface area (Å²) in [4.78, 5) is 12.2. The van der Waals surface area contributed by atoms with Gasteiger partial charge in [-0.3, -0.25) is 4.79 Å². The van der Waals surface area contributed by atoms with E-state index >= 15 is 0 Å². The summed E-state index contributed by atoms with van der Waals surface area (Å²) in [5, 5.41) is 9.41. The lowest BCUT2D eigenvalue weighted by molar-refractivity contribution is 0.0938. The van der Waals surface area contributed by atoms with Crippen molar-refractivity contribution in [3.05, 3.63) is 59.7 Å². The van der Waals surface area contributed by atoms with Gasteiger partial charge in [0.1, 0.15) is 0 Å². The fraction of sp³-hybridized carbons (Fsp3) is 0.222. The molecule has 0 radical (unpaired) electrons. The van der Waals surface area contributed by atoms with Gasteiger partial charge in [-0.2, -0.15) is 0 Å². The lowest BCUT2D eigenvalue weighted by atomic mass is 10.1. The SMILES string of the molecule is COCCNC(=O)c1ccccc1NC(=S)Nc1ccc(C)cc1. The van der Waals surface area contributed by atoms with Crippen LogP contribution in [0, 0.1) is 6.92 Å². The molecule has 1 amide bonds. The topological polar surface area (TPSA) is 62.4 Å². The van der Waals surface area contributed by atoms with Crippen LogP contribution in [0.1, 0.15) is 15.9 Å². The van der Waals surface area contributed by atoms with E-state index in [1.807, 2.05) is 49.4 Å². The Morgan fingerprint density at radius 2 is 1.79 bits per heavy atom. The van der Waals surface area contributed by atoms with Crippen molar-refractivity contribution < 1.29 is 9.53 Å². The third-order valence-electron chi connectivity index (χ3n) is 3.32. The highest BCUT2D eigenvalue weighted by Gasteiger charge is 2.11. The van der Waals surface area contributed by atoms with E-state index in [-0.39, 0.29) is 5.91 Å². The minimum Gasteiger partial charge on any atom is -0.383 e. The minimum absolute atomic E-state index is 0.173. The first kappa shape index (κ1) is 17.9. The molecule has 3 N–H and O–H groups in total. The van der Waals surface area contributed by atoms with E-state index in [1.54, 1.807) is 13.2 Å². The second-order valence-electron chi connectivity index (χ2n) is 5.24. The molecule has 2 aromatic carbocycles. The Kier molecular flexibility index (Phi) is 6.72. The fourth-order valence-corrected chi connectivity index (χ4v) is 2.30. The van der Waals surface area contributed by atoms with Gasteiger partial charge in [0.2, 0.25) is 0 Å². The van der Waals surface area contributed by atoms with Crippen LogP contribution in [0.15, 0.2) is 48.5 Å². The Labute approximate surface area is 147 Å². The second kappa shape index (κ2) is 9.00. The van der Waals surface area contributed by atoms with Gasteiger partial charge in [0.25, 0.3) is 5.91 Å². The zero-order valence-electron chi connectivity index (χ0n) is 13.8. The normalized spacial score (nSPS) is 10.1. The van der Waals surface area contributed by atoms with Crippen LogP contribution in [0.4, 0.5) is 11.4 Å². The van der Waals surface area contributed by atoms with E-state index in [4.69, 9.17) is 17.0 Å². The van der Waals surface area contributed by atoms with Crippen LogP contribution in [-0.2, 0) is 4.74 Å². The van der Waals surface area contributed by atoms with Gasteiger partial charge in [0.05, 0.1) is 17.9 Å². The molecule has 6 heteroatoms. The lowest BCUT2D eigenvalue weighted by Gasteiger charge is -2.14. The number of ether oxygens (including phenoxy) is 1. The van der Waals surface area contributed by atoms with Crippen LogP contribution < -0.4 is 16.0 Å². The van der Waals surface area contributed by atoms with E-state index in [0.29, 0.717) is 29.5 Å². The Morgan fingerprint density at radius 1 is 1.08 bits per heavy atom. The average Bonchev–Trinajstić information content (AvgIpc) is 2.57. The van der Waals surface area contributed by atoms with Gasteiger partial charge in [-0.05, 0) is 43.4 Å². The van der Waals surface area contributed by atoms with Crippen LogP contribution in [0.25, 0.3) is 0 Å². The number of thiocarbonyl (C=S) groups is 1. The quantitative estimate of drug-likeness (QED) is 0.555. The molecule has 0 heterocycles. The number of carbonyl (C=O) groups excluding carboxylic acids is 1. The van der Waals surface area contributed by atoms with Gasteiger partial charge < -0.3 is 20.7 Å². The van der Waals surface area contributed by atoms with Gasteiger partial charge in [-0.1, -0.05) is 29.8 Å². The molecule has 126 valence electrons. The highest BCUT2D eigenvalue weighted by atomic mass is 32.1. The molecule has 0 aliphatic heterocycles. The van der Waals surface area contributed by atoms with Gasteiger partial charge in [0.15, 0.2) is 5.11 Å². The number of rotatable bonds is 6. The van der Waals surface area contributed by atoms with E-state index < -0.39 is 0 Å². The van der Waals surface area contributed by atoms with Crippen molar-refractivity contribution in [2.24, 2.45) is 0 Å². The zero-order chi connectivity index (χ0) is 17.4.